The van der Waals surface area contributed by atoms with Crippen molar-refractivity contribution in [2.24, 2.45) is 46.3 Å². The molecule has 5 rings (SSSR count). The minimum atomic E-state index is 0.142. The normalized spacial score (nSPS) is 48.6. The largest absolute Gasteiger partial charge is 0.298 e. The Morgan fingerprint density at radius 1 is 0.548 bits per heavy atom. The van der Waals surface area contributed by atoms with Crippen molar-refractivity contribution in [1.82, 2.24) is 0 Å². The monoisotopic (exact) mass is 426 g/mol. The molecule has 0 aromatic heterocycles. The molecule has 1 heteroatoms. The van der Waals surface area contributed by atoms with Gasteiger partial charge in [-0.05, 0) is 119 Å². The lowest BCUT2D eigenvalue weighted by Gasteiger charge is -2.60. The molecule has 5 aliphatic carbocycles. The third-order valence-electron chi connectivity index (χ3n) is 11.9. The Kier molecular flexibility index (Phi) is 6.62. The number of hydrogen-bond acceptors (Lipinski definition) is 1. The molecular weight excluding hydrogens is 376 g/mol. The van der Waals surface area contributed by atoms with Gasteiger partial charge in [-0.15, -0.1) is 0 Å². The van der Waals surface area contributed by atoms with Gasteiger partial charge in [-0.25, -0.2) is 0 Å². The molecule has 2 spiro atoms. The highest BCUT2D eigenvalue weighted by Gasteiger charge is 2.63. The third-order valence-corrected chi connectivity index (χ3v) is 11.9. The predicted molar refractivity (Wildman–Crippen MR) is 130 cm³/mol. The molecular formula is C30H50O. The highest BCUT2D eigenvalue weighted by Crippen LogP contribution is 2.65. The summed E-state index contributed by atoms with van der Waals surface area (Å²) in [5.74, 6) is 6.64. The van der Waals surface area contributed by atoms with Crippen LogP contribution in [0.15, 0.2) is 0 Å². The van der Waals surface area contributed by atoms with Crippen LogP contribution in [0.5, 0.6) is 0 Å². The number of hydrogen-bond donors (Lipinski definition) is 0. The Bertz CT molecular complexity index is 550. The molecule has 0 bridgehead atoms. The van der Waals surface area contributed by atoms with Crippen LogP contribution in [0.25, 0.3) is 0 Å². The van der Waals surface area contributed by atoms with Gasteiger partial charge in [0.1, 0.15) is 5.78 Å². The molecule has 0 atom stereocenters. The van der Waals surface area contributed by atoms with Gasteiger partial charge in [0.2, 0.25) is 0 Å². The number of carbonyl (C=O) groups excluding carboxylic acids is 1. The zero-order valence-corrected chi connectivity index (χ0v) is 20.8. The average molecular weight is 427 g/mol. The first kappa shape index (κ1) is 22.5. The van der Waals surface area contributed by atoms with Crippen molar-refractivity contribution in [2.75, 3.05) is 0 Å². The SMILES string of the molecule is CC[C@H]1CC[C@H](C2CCC3(CC2)CC2(CCC([C@H]4CC[C@H](CC)CC4)CC2)C3=O)CC1. The Balaban J connectivity index is 1.09. The van der Waals surface area contributed by atoms with Crippen molar-refractivity contribution in [1.29, 1.82) is 0 Å². The van der Waals surface area contributed by atoms with Gasteiger partial charge >= 0.3 is 0 Å². The summed E-state index contributed by atoms with van der Waals surface area (Å²) >= 11 is 0. The highest BCUT2D eigenvalue weighted by molar-refractivity contribution is 5.96. The maximum absolute atomic E-state index is 13.6. The van der Waals surface area contributed by atoms with Crippen LogP contribution in [-0.2, 0) is 4.79 Å². The highest BCUT2D eigenvalue weighted by atomic mass is 16.1. The van der Waals surface area contributed by atoms with E-state index < -0.39 is 0 Å². The van der Waals surface area contributed by atoms with E-state index in [2.05, 4.69) is 13.8 Å². The molecule has 5 saturated carbocycles. The van der Waals surface area contributed by atoms with E-state index in [0.717, 1.165) is 41.3 Å². The summed E-state index contributed by atoms with van der Waals surface area (Å²) in [6.07, 6.45) is 26.4. The molecule has 5 aliphatic rings. The first-order valence-electron chi connectivity index (χ1n) is 14.6. The standard InChI is InChI=1S/C30H50O/c1-3-22-5-9-24(10-6-22)26-13-17-29(18-14-26)21-30(28(29)31)19-15-27(16-20-30)25-11-7-23(4-2)8-12-25/h22-27H,3-21H2,1-2H3/t22-,23-,24-,25-,26?,27?,29?,30?. The quantitative estimate of drug-likeness (QED) is 0.439. The summed E-state index contributed by atoms with van der Waals surface area (Å²) in [5, 5.41) is 0. The molecule has 0 heterocycles. The molecule has 0 aromatic carbocycles. The van der Waals surface area contributed by atoms with Crippen molar-refractivity contribution in [3.63, 3.8) is 0 Å². The maximum Gasteiger partial charge on any atom is 0.145 e. The van der Waals surface area contributed by atoms with Crippen LogP contribution < -0.4 is 0 Å². The van der Waals surface area contributed by atoms with Crippen LogP contribution in [0.1, 0.15) is 136 Å². The van der Waals surface area contributed by atoms with Crippen molar-refractivity contribution >= 4 is 5.78 Å². The van der Waals surface area contributed by atoms with Crippen molar-refractivity contribution < 1.29 is 4.79 Å². The summed E-state index contributed by atoms with van der Waals surface area (Å²) in [6, 6.07) is 0. The fraction of sp³-hybridized carbons (Fsp3) is 0.967. The van der Waals surface area contributed by atoms with E-state index in [-0.39, 0.29) is 10.8 Å². The molecule has 176 valence electrons. The minimum absolute atomic E-state index is 0.142. The number of ketones is 1. The number of carbonyl (C=O) groups is 1. The van der Waals surface area contributed by atoms with Crippen LogP contribution in [-0.4, -0.2) is 5.78 Å². The average Bonchev–Trinajstić information content (AvgIpc) is 2.85. The Morgan fingerprint density at radius 3 is 1.16 bits per heavy atom. The van der Waals surface area contributed by atoms with Gasteiger partial charge in [-0.1, -0.05) is 52.4 Å². The Morgan fingerprint density at radius 2 is 0.871 bits per heavy atom. The van der Waals surface area contributed by atoms with Gasteiger partial charge in [0.05, 0.1) is 0 Å². The van der Waals surface area contributed by atoms with Crippen molar-refractivity contribution in [3.8, 4) is 0 Å². The van der Waals surface area contributed by atoms with Crippen LogP contribution in [0.2, 0.25) is 0 Å². The molecule has 0 N–H and O–H groups in total. The van der Waals surface area contributed by atoms with E-state index in [9.17, 15) is 4.79 Å². The van der Waals surface area contributed by atoms with E-state index in [4.69, 9.17) is 0 Å². The summed E-state index contributed by atoms with van der Waals surface area (Å²) in [4.78, 5) is 13.6. The Hall–Kier alpha value is -0.330. The fourth-order valence-corrected chi connectivity index (χ4v) is 9.54. The second-order valence-electron chi connectivity index (χ2n) is 13.1. The smallest absolute Gasteiger partial charge is 0.145 e. The first-order valence-corrected chi connectivity index (χ1v) is 14.6. The summed E-state index contributed by atoms with van der Waals surface area (Å²) in [6.45, 7) is 4.75. The first-order chi connectivity index (χ1) is 15.1. The van der Waals surface area contributed by atoms with Gasteiger partial charge in [-0.3, -0.25) is 4.79 Å². The van der Waals surface area contributed by atoms with Crippen LogP contribution in [0.3, 0.4) is 0 Å². The predicted octanol–water partition coefficient (Wildman–Crippen LogP) is 8.75. The van der Waals surface area contributed by atoms with E-state index in [0.29, 0.717) is 0 Å². The summed E-state index contributed by atoms with van der Waals surface area (Å²) in [5.41, 5.74) is 0.284. The number of Topliss-reactive ketones (excluding diaryl/α,β-unsaturated/α-hetero) is 1. The van der Waals surface area contributed by atoms with E-state index in [1.807, 2.05) is 0 Å². The van der Waals surface area contributed by atoms with Gasteiger partial charge in [0, 0.05) is 10.8 Å². The molecule has 0 saturated heterocycles. The second-order valence-corrected chi connectivity index (χ2v) is 13.1. The molecule has 0 amide bonds. The van der Waals surface area contributed by atoms with E-state index >= 15 is 0 Å². The van der Waals surface area contributed by atoms with Crippen LogP contribution in [0, 0.1) is 46.3 Å². The van der Waals surface area contributed by atoms with Gasteiger partial charge in [0.15, 0.2) is 0 Å². The summed E-state index contributed by atoms with van der Waals surface area (Å²) in [7, 11) is 0. The third kappa shape index (κ3) is 4.19. The van der Waals surface area contributed by atoms with Crippen molar-refractivity contribution in [2.45, 2.75) is 136 Å². The van der Waals surface area contributed by atoms with Gasteiger partial charge < -0.3 is 0 Å². The molecule has 0 aromatic rings. The second kappa shape index (κ2) is 9.13. The lowest BCUT2D eigenvalue weighted by molar-refractivity contribution is -0.170. The fourth-order valence-electron chi connectivity index (χ4n) is 9.54. The topological polar surface area (TPSA) is 17.1 Å². The van der Waals surface area contributed by atoms with Crippen molar-refractivity contribution in [3.05, 3.63) is 0 Å². The zero-order chi connectivity index (χ0) is 21.5. The van der Waals surface area contributed by atoms with Gasteiger partial charge in [0.25, 0.3) is 0 Å². The zero-order valence-electron chi connectivity index (χ0n) is 20.8. The van der Waals surface area contributed by atoms with Gasteiger partial charge in [-0.2, -0.15) is 0 Å². The molecule has 5 fully saturated rings. The lowest BCUT2D eigenvalue weighted by Crippen LogP contribution is -2.60. The molecule has 31 heavy (non-hydrogen) atoms. The summed E-state index contributed by atoms with van der Waals surface area (Å²) < 4.78 is 0. The number of rotatable bonds is 4. The lowest BCUT2D eigenvalue weighted by atomic mass is 9.42. The van der Waals surface area contributed by atoms with Crippen LogP contribution in [0.4, 0.5) is 0 Å². The minimum Gasteiger partial charge on any atom is -0.298 e. The maximum atomic E-state index is 13.6. The molecule has 1 nitrogen and oxygen atoms in total. The Labute approximate surface area is 192 Å². The van der Waals surface area contributed by atoms with E-state index in [1.165, 1.54) is 122 Å². The van der Waals surface area contributed by atoms with E-state index in [1.54, 1.807) is 0 Å². The molecule has 0 unspecified atom stereocenters. The molecule has 0 radical (unpaired) electrons. The van der Waals surface area contributed by atoms with Crippen LogP contribution >= 0.6 is 0 Å². The molecule has 0 aliphatic heterocycles.